The summed E-state index contributed by atoms with van der Waals surface area (Å²) in [6.07, 6.45) is 37.3. The molecule has 0 heterocycles. The van der Waals surface area contributed by atoms with Crippen molar-refractivity contribution in [3.8, 4) is 0 Å². The molecule has 140 valence electrons. The summed E-state index contributed by atoms with van der Waals surface area (Å²) in [4.78, 5) is 0. The molecular formula is C24H38O. The zero-order valence-corrected chi connectivity index (χ0v) is 16.2. The summed E-state index contributed by atoms with van der Waals surface area (Å²) in [6, 6.07) is 0. The first-order valence-electron chi connectivity index (χ1n) is 9.92. The van der Waals surface area contributed by atoms with Crippen molar-refractivity contribution in [1.82, 2.24) is 0 Å². The minimum absolute atomic E-state index is 0.323. The highest BCUT2D eigenvalue weighted by molar-refractivity contribution is 5.01. The second-order valence-electron chi connectivity index (χ2n) is 5.99. The van der Waals surface area contributed by atoms with Crippen LogP contribution in [0.3, 0.4) is 0 Å². The van der Waals surface area contributed by atoms with E-state index < -0.39 is 0 Å². The van der Waals surface area contributed by atoms with E-state index in [2.05, 4.69) is 79.8 Å². The van der Waals surface area contributed by atoms with Crippen LogP contribution in [0.1, 0.15) is 71.1 Å². The Labute approximate surface area is 156 Å². The van der Waals surface area contributed by atoms with Gasteiger partial charge in [0.25, 0.3) is 0 Å². The van der Waals surface area contributed by atoms with Gasteiger partial charge in [-0.05, 0) is 57.8 Å². The van der Waals surface area contributed by atoms with Gasteiger partial charge in [-0.1, -0.05) is 86.3 Å². The number of unbranched alkanes of at least 4 members (excludes halogenated alkanes) is 3. The molecule has 0 saturated heterocycles. The van der Waals surface area contributed by atoms with Crippen molar-refractivity contribution in [3.05, 3.63) is 72.9 Å². The first kappa shape index (κ1) is 23.4. The van der Waals surface area contributed by atoms with Crippen molar-refractivity contribution in [3.63, 3.8) is 0 Å². The normalized spacial score (nSPS) is 13.2. The fraction of sp³-hybridized carbons (Fsp3) is 0.500. The zero-order chi connectivity index (χ0) is 18.3. The Morgan fingerprint density at radius 2 is 0.880 bits per heavy atom. The lowest BCUT2D eigenvalue weighted by atomic mass is 10.2. The largest absolute Gasteiger partial charge is 0.396 e. The molecular weight excluding hydrogens is 304 g/mol. The summed E-state index contributed by atoms with van der Waals surface area (Å²) in [6.45, 7) is 2.48. The molecule has 0 atom stereocenters. The zero-order valence-electron chi connectivity index (χ0n) is 16.2. The van der Waals surface area contributed by atoms with Gasteiger partial charge >= 0.3 is 0 Å². The minimum atomic E-state index is 0.323. The van der Waals surface area contributed by atoms with E-state index in [4.69, 9.17) is 5.11 Å². The van der Waals surface area contributed by atoms with Crippen molar-refractivity contribution in [2.45, 2.75) is 71.1 Å². The van der Waals surface area contributed by atoms with Gasteiger partial charge in [-0.2, -0.15) is 0 Å². The van der Waals surface area contributed by atoms with Crippen molar-refractivity contribution in [2.24, 2.45) is 0 Å². The molecule has 0 bridgehead atoms. The Morgan fingerprint density at radius 3 is 1.28 bits per heavy atom. The second kappa shape index (κ2) is 22.4. The van der Waals surface area contributed by atoms with Crippen molar-refractivity contribution in [2.75, 3.05) is 6.61 Å². The lowest BCUT2D eigenvalue weighted by Gasteiger charge is -1.93. The molecule has 0 radical (unpaired) electrons. The molecule has 0 aliphatic carbocycles. The highest BCUT2D eigenvalue weighted by atomic mass is 16.2. The molecule has 0 fully saturated rings. The van der Waals surface area contributed by atoms with Crippen LogP contribution in [-0.2, 0) is 0 Å². The average Bonchev–Trinajstić information content (AvgIpc) is 2.63. The van der Waals surface area contributed by atoms with Crippen LogP contribution in [0, 0.1) is 0 Å². The monoisotopic (exact) mass is 342 g/mol. The third-order valence-electron chi connectivity index (χ3n) is 3.63. The average molecular weight is 343 g/mol. The van der Waals surface area contributed by atoms with Crippen LogP contribution >= 0.6 is 0 Å². The summed E-state index contributed by atoms with van der Waals surface area (Å²) < 4.78 is 0. The van der Waals surface area contributed by atoms with Gasteiger partial charge in [-0.3, -0.25) is 0 Å². The SMILES string of the molecule is CC/C=C/C/C=C/C/C=C/C/C=C/C/C=C/C/C=C/CCCCCO. The lowest BCUT2D eigenvalue weighted by Crippen LogP contribution is -1.81. The van der Waals surface area contributed by atoms with Crippen LogP contribution in [0.15, 0.2) is 72.9 Å². The molecule has 0 spiro atoms. The Kier molecular flexibility index (Phi) is 21.0. The molecule has 0 aromatic rings. The van der Waals surface area contributed by atoms with Gasteiger partial charge in [0.05, 0.1) is 0 Å². The van der Waals surface area contributed by atoms with Gasteiger partial charge in [-0.25, -0.2) is 0 Å². The van der Waals surface area contributed by atoms with Crippen molar-refractivity contribution < 1.29 is 5.11 Å². The van der Waals surface area contributed by atoms with Crippen LogP contribution in [0.5, 0.6) is 0 Å². The molecule has 0 aromatic carbocycles. The van der Waals surface area contributed by atoms with E-state index in [1.807, 2.05) is 0 Å². The first-order valence-corrected chi connectivity index (χ1v) is 9.92. The Morgan fingerprint density at radius 1 is 0.480 bits per heavy atom. The molecule has 0 aromatic heterocycles. The number of allylic oxidation sites excluding steroid dienone is 12. The third kappa shape index (κ3) is 22.4. The van der Waals surface area contributed by atoms with E-state index in [9.17, 15) is 0 Å². The maximum atomic E-state index is 8.68. The lowest BCUT2D eigenvalue weighted by molar-refractivity contribution is 0.283. The quantitative estimate of drug-likeness (QED) is 0.231. The van der Waals surface area contributed by atoms with E-state index in [0.29, 0.717) is 6.61 Å². The predicted molar refractivity (Wildman–Crippen MR) is 114 cm³/mol. The Balaban J connectivity index is 3.45. The summed E-state index contributed by atoms with van der Waals surface area (Å²) >= 11 is 0. The minimum Gasteiger partial charge on any atom is -0.396 e. The fourth-order valence-electron chi connectivity index (χ4n) is 2.19. The molecule has 1 heteroatoms. The molecule has 0 saturated carbocycles. The molecule has 0 aliphatic heterocycles. The first-order chi connectivity index (χ1) is 12.4. The third-order valence-corrected chi connectivity index (χ3v) is 3.63. The van der Waals surface area contributed by atoms with Gasteiger partial charge in [0.1, 0.15) is 0 Å². The summed E-state index contributed by atoms with van der Waals surface area (Å²) in [5.74, 6) is 0. The summed E-state index contributed by atoms with van der Waals surface area (Å²) in [7, 11) is 0. The summed E-state index contributed by atoms with van der Waals surface area (Å²) in [5.41, 5.74) is 0. The van der Waals surface area contributed by atoms with Gasteiger partial charge in [0, 0.05) is 6.61 Å². The Hall–Kier alpha value is -1.60. The standard InChI is InChI=1S/C24H38O/c1-2-3-4-5-6-7-8-9-10-11-12-13-14-15-16-17-18-19-20-21-22-23-24-25/h3-4,6-7,9-10,12-13,15-16,18-19,25H,2,5,8,11,14,17,20-24H2,1H3/b4-3+,7-6+,10-9+,13-12+,16-15+,19-18+. The molecule has 0 amide bonds. The van der Waals surface area contributed by atoms with Crippen LogP contribution in [0.2, 0.25) is 0 Å². The van der Waals surface area contributed by atoms with E-state index >= 15 is 0 Å². The van der Waals surface area contributed by atoms with Crippen LogP contribution in [0.4, 0.5) is 0 Å². The predicted octanol–water partition coefficient (Wildman–Crippen LogP) is 7.24. The Bertz CT molecular complexity index is 421. The molecule has 1 N–H and O–H groups in total. The number of hydrogen-bond acceptors (Lipinski definition) is 1. The molecule has 0 aliphatic rings. The van der Waals surface area contributed by atoms with Crippen LogP contribution in [0.25, 0.3) is 0 Å². The number of hydrogen-bond donors (Lipinski definition) is 1. The number of aliphatic hydroxyl groups excluding tert-OH is 1. The highest BCUT2D eigenvalue weighted by Crippen LogP contribution is 2.01. The summed E-state index contributed by atoms with van der Waals surface area (Å²) in [5, 5.41) is 8.68. The molecule has 0 rings (SSSR count). The van der Waals surface area contributed by atoms with Crippen molar-refractivity contribution in [1.29, 1.82) is 0 Å². The maximum Gasteiger partial charge on any atom is 0.0431 e. The number of aliphatic hydroxyl groups is 1. The maximum absolute atomic E-state index is 8.68. The molecule has 1 nitrogen and oxygen atoms in total. The van der Waals surface area contributed by atoms with Gasteiger partial charge in [0.15, 0.2) is 0 Å². The van der Waals surface area contributed by atoms with Gasteiger partial charge in [-0.15, -0.1) is 0 Å². The fourth-order valence-corrected chi connectivity index (χ4v) is 2.19. The van der Waals surface area contributed by atoms with E-state index in [1.54, 1.807) is 0 Å². The van der Waals surface area contributed by atoms with E-state index in [1.165, 1.54) is 6.42 Å². The van der Waals surface area contributed by atoms with E-state index in [-0.39, 0.29) is 0 Å². The van der Waals surface area contributed by atoms with Crippen molar-refractivity contribution >= 4 is 0 Å². The highest BCUT2D eigenvalue weighted by Gasteiger charge is 1.84. The van der Waals surface area contributed by atoms with E-state index in [0.717, 1.165) is 57.8 Å². The smallest absolute Gasteiger partial charge is 0.0431 e. The van der Waals surface area contributed by atoms with Gasteiger partial charge < -0.3 is 5.11 Å². The topological polar surface area (TPSA) is 20.2 Å². The molecule has 0 unspecified atom stereocenters. The second-order valence-corrected chi connectivity index (χ2v) is 5.99. The van der Waals surface area contributed by atoms with Gasteiger partial charge in [0.2, 0.25) is 0 Å². The van der Waals surface area contributed by atoms with Crippen LogP contribution in [-0.4, -0.2) is 11.7 Å². The number of rotatable bonds is 16. The van der Waals surface area contributed by atoms with Crippen LogP contribution < -0.4 is 0 Å². The molecule has 25 heavy (non-hydrogen) atoms.